The molecule has 2 aliphatic rings. The third kappa shape index (κ3) is 5.33. The molecule has 9 nitrogen and oxygen atoms in total. The first kappa shape index (κ1) is 23.0. The van der Waals surface area contributed by atoms with E-state index >= 15 is 0 Å². The van der Waals surface area contributed by atoms with Crippen molar-refractivity contribution >= 4 is 35.1 Å². The Kier molecular flexibility index (Phi) is 6.27. The van der Waals surface area contributed by atoms with Crippen molar-refractivity contribution in [3.05, 3.63) is 38.9 Å². The molecule has 0 spiro atoms. The number of esters is 1. The van der Waals surface area contributed by atoms with E-state index in [0.717, 1.165) is 25.3 Å². The van der Waals surface area contributed by atoms with Crippen LogP contribution in [-0.4, -0.2) is 53.3 Å². The summed E-state index contributed by atoms with van der Waals surface area (Å²) >= 11 is 5.72. The molecule has 1 saturated carbocycles. The Hall–Kier alpha value is -2.68. The van der Waals surface area contributed by atoms with Gasteiger partial charge in [-0.25, -0.2) is 0 Å². The van der Waals surface area contributed by atoms with Crippen LogP contribution >= 0.6 is 11.6 Å². The average Bonchev–Trinajstić information content (AvgIpc) is 2.92. The van der Waals surface area contributed by atoms with Crippen molar-refractivity contribution < 1.29 is 24.0 Å². The van der Waals surface area contributed by atoms with Gasteiger partial charge in [0.05, 0.1) is 4.92 Å². The number of halogens is 1. The molecular weight excluding hydrogens is 426 g/mol. The van der Waals surface area contributed by atoms with Crippen molar-refractivity contribution in [2.75, 3.05) is 19.7 Å². The molecule has 1 aromatic carbocycles. The Morgan fingerprint density at radius 2 is 2.00 bits per heavy atom. The zero-order valence-electron chi connectivity index (χ0n) is 17.8. The Morgan fingerprint density at radius 3 is 2.68 bits per heavy atom. The van der Waals surface area contributed by atoms with Gasteiger partial charge < -0.3 is 15.0 Å². The Labute approximate surface area is 185 Å². The summed E-state index contributed by atoms with van der Waals surface area (Å²) in [5.41, 5.74) is -0.165. The number of hydrogen-bond donors (Lipinski definition) is 1. The standard InChI is InChI=1S/C21H26ClN3O6/c1-20(2)7-14-8-21(3,11-20)12-24(14)17(26)10-31-18(27)9-23-19(28)13-4-5-15(22)16(6-13)25(29)30/h4-6,14H,7-12H2,1-3H3,(H,23,28)/t14-,21+/m0/s1. The largest absolute Gasteiger partial charge is 0.454 e. The summed E-state index contributed by atoms with van der Waals surface area (Å²) in [6.07, 6.45) is 2.93. The lowest BCUT2D eigenvalue weighted by Crippen LogP contribution is -2.40. The number of hydrogen-bond acceptors (Lipinski definition) is 6. The van der Waals surface area contributed by atoms with Crippen molar-refractivity contribution in [1.82, 2.24) is 10.2 Å². The van der Waals surface area contributed by atoms with Gasteiger partial charge in [0.15, 0.2) is 6.61 Å². The van der Waals surface area contributed by atoms with Gasteiger partial charge in [-0.15, -0.1) is 0 Å². The van der Waals surface area contributed by atoms with Crippen LogP contribution in [0.15, 0.2) is 18.2 Å². The first-order valence-corrected chi connectivity index (χ1v) is 10.4. The number of nitrogens with one attached hydrogen (secondary N) is 1. The van der Waals surface area contributed by atoms with Crippen molar-refractivity contribution in [3.63, 3.8) is 0 Å². The number of fused-ring (bicyclic) bond motifs is 2. The lowest BCUT2D eigenvalue weighted by Gasteiger charge is -2.39. The summed E-state index contributed by atoms with van der Waals surface area (Å²) in [6, 6.07) is 3.73. The van der Waals surface area contributed by atoms with E-state index < -0.39 is 29.0 Å². The molecule has 168 valence electrons. The second-order valence-corrected chi connectivity index (χ2v) is 9.91. The summed E-state index contributed by atoms with van der Waals surface area (Å²) in [5, 5.41) is 13.2. The molecule has 0 radical (unpaired) electrons. The maximum atomic E-state index is 12.6. The Balaban J connectivity index is 1.49. The molecule has 0 unspecified atom stereocenters. The van der Waals surface area contributed by atoms with Crippen LogP contribution in [0.4, 0.5) is 5.69 Å². The quantitative estimate of drug-likeness (QED) is 0.403. The minimum Gasteiger partial charge on any atom is -0.454 e. The van der Waals surface area contributed by atoms with E-state index in [1.165, 1.54) is 12.1 Å². The molecule has 1 N–H and O–H groups in total. The third-order valence-electron chi connectivity index (χ3n) is 5.89. The van der Waals surface area contributed by atoms with Crippen LogP contribution in [0.1, 0.15) is 50.4 Å². The summed E-state index contributed by atoms with van der Waals surface area (Å²) in [7, 11) is 0. The fourth-order valence-corrected chi connectivity index (χ4v) is 5.26. The summed E-state index contributed by atoms with van der Waals surface area (Å²) in [5.74, 6) is -1.69. The first-order chi connectivity index (χ1) is 14.4. The molecule has 10 heteroatoms. The fraction of sp³-hybridized carbons (Fsp3) is 0.571. The minimum atomic E-state index is -0.765. The van der Waals surface area contributed by atoms with Crippen LogP contribution in [0.3, 0.4) is 0 Å². The Morgan fingerprint density at radius 1 is 1.29 bits per heavy atom. The van der Waals surface area contributed by atoms with Gasteiger partial charge in [-0.1, -0.05) is 32.4 Å². The normalized spacial score (nSPS) is 23.9. The smallest absolute Gasteiger partial charge is 0.325 e. The van der Waals surface area contributed by atoms with Crippen LogP contribution in [0.25, 0.3) is 0 Å². The van der Waals surface area contributed by atoms with Gasteiger partial charge in [-0.3, -0.25) is 24.5 Å². The number of benzene rings is 1. The second-order valence-electron chi connectivity index (χ2n) is 9.50. The highest BCUT2D eigenvalue weighted by molar-refractivity contribution is 6.32. The third-order valence-corrected chi connectivity index (χ3v) is 6.21. The zero-order chi connectivity index (χ0) is 23.0. The lowest BCUT2D eigenvalue weighted by atomic mass is 9.65. The van der Waals surface area contributed by atoms with E-state index in [1.807, 2.05) is 4.90 Å². The predicted octanol–water partition coefficient (Wildman–Crippen LogP) is 2.95. The number of likely N-dealkylation sites (tertiary alicyclic amines) is 1. The number of nitro groups is 1. The maximum absolute atomic E-state index is 12.6. The molecular formula is C21H26ClN3O6. The van der Waals surface area contributed by atoms with Crippen LogP contribution in [0, 0.1) is 20.9 Å². The highest BCUT2D eigenvalue weighted by Gasteiger charge is 2.50. The molecule has 1 aromatic rings. The average molecular weight is 452 g/mol. The van der Waals surface area contributed by atoms with Crippen LogP contribution in [-0.2, 0) is 14.3 Å². The molecule has 2 fully saturated rings. The van der Waals surface area contributed by atoms with Gasteiger partial charge in [0.1, 0.15) is 11.6 Å². The highest BCUT2D eigenvalue weighted by Crippen LogP contribution is 2.52. The molecule has 1 aliphatic heterocycles. The van der Waals surface area contributed by atoms with Crippen molar-refractivity contribution in [3.8, 4) is 0 Å². The Bertz CT molecular complexity index is 934. The zero-order valence-corrected chi connectivity index (χ0v) is 18.5. The number of ether oxygens (including phenoxy) is 1. The van der Waals surface area contributed by atoms with E-state index in [1.54, 1.807) is 0 Å². The molecule has 0 aromatic heterocycles. The number of rotatable bonds is 6. The van der Waals surface area contributed by atoms with Gasteiger partial charge >= 0.3 is 5.97 Å². The number of amides is 2. The van der Waals surface area contributed by atoms with Crippen molar-refractivity contribution in [2.45, 2.75) is 46.1 Å². The monoisotopic (exact) mass is 451 g/mol. The number of nitrogens with zero attached hydrogens (tertiary/aromatic N) is 2. The number of carbonyl (C=O) groups is 3. The molecule has 1 saturated heterocycles. The SMILES string of the molecule is CC1(C)C[C@H]2C[C@@](C)(CN2C(=O)COC(=O)CNC(=O)c2ccc(Cl)c([N+](=O)[O-])c2)C1. The summed E-state index contributed by atoms with van der Waals surface area (Å²) < 4.78 is 5.04. The fourth-order valence-electron chi connectivity index (χ4n) is 5.08. The van der Waals surface area contributed by atoms with E-state index in [0.29, 0.717) is 6.54 Å². The molecule has 1 heterocycles. The van der Waals surface area contributed by atoms with Crippen LogP contribution in [0.5, 0.6) is 0 Å². The van der Waals surface area contributed by atoms with Gasteiger partial charge in [0.25, 0.3) is 17.5 Å². The summed E-state index contributed by atoms with van der Waals surface area (Å²) in [6.45, 7) is 6.43. The molecule has 31 heavy (non-hydrogen) atoms. The molecule has 2 atom stereocenters. The van der Waals surface area contributed by atoms with Crippen LogP contribution < -0.4 is 5.32 Å². The van der Waals surface area contributed by atoms with E-state index in [9.17, 15) is 24.5 Å². The first-order valence-electron chi connectivity index (χ1n) is 10.1. The van der Waals surface area contributed by atoms with Crippen molar-refractivity contribution in [2.24, 2.45) is 10.8 Å². The van der Waals surface area contributed by atoms with Crippen molar-refractivity contribution in [1.29, 1.82) is 0 Å². The lowest BCUT2D eigenvalue weighted by molar-refractivity contribution is -0.384. The van der Waals surface area contributed by atoms with Gasteiger partial charge in [-0.05, 0) is 42.2 Å². The molecule has 2 amide bonds. The molecule has 1 aliphatic carbocycles. The van der Waals surface area contributed by atoms with E-state index in [2.05, 4.69) is 26.1 Å². The van der Waals surface area contributed by atoms with E-state index in [4.69, 9.17) is 16.3 Å². The summed E-state index contributed by atoms with van der Waals surface area (Å²) in [4.78, 5) is 48.8. The number of nitro benzene ring substituents is 1. The molecule has 3 rings (SSSR count). The van der Waals surface area contributed by atoms with Gasteiger partial charge in [0.2, 0.25) is 0 Å². The van der Waals surface area contributed by atoms with Gasteiger partial charge in [-0.2, -0.15) is 0 Å². The molecule has 2 bridgehead atoms. The van der Waals surface area contributed by atoms with Crippen LogP contribution in [0.2, 0.25) is 5.02 Å². The maximum Gasteiger partial charge on any atom is 0.325 e. The predicted molar refractivity (Wildman–Crippen MR) is 113 cm³/mol. The highest BCUT2D eigenvalue weighted by atomic mass is 35.5. The van der Waals surface area contributed by atoms with Gasteiger partial charge in [0, 0.05) is 24.2 Å². The minimum absolute atomic E-state index is 0.0137. The van der Waals surface area contributed by atoms with E-state index in [-0.39, 0.29) is 40.0 Å². The topological polar surface area (TPSA) is 119 Å². The number of carbonyl (C=O) groups excluding carboxylic acids is 3. The second kappa shape index (κ2) is 8.45.